The first kappa shape index (κ1) is 8.58. The average Bonchev–Trinajstić information content (AvgIpc) is 1.64. The number of carboxylic acid groups (broad SMARTS) is 1. The maximum absolute atomic E-state index is 9.99. The van der Waals surface area contributed by atoms with Crippen molar-refractivity contribution in [2.75, 3.05) is 0 Å². The van der Waals surface area contributed by atoms with Crippen LogP contribution in [-0.4, -0.2) is 25.1 Å². The highest BCUT2D eigenvalue weighted by molar-refractivity contribution is 7.80. The van der Waals surface area contributed by atoms with Crippen molar-refractivity contribution in [2.45, 2.75) is 18.6 Å². The minimum absolute atomic E-state index is 0.117. The van der Waals surface area contributed by atoms with Crippen LogP contribution in [0.1, 0.15) is 13.3 Å². The molecule has 0 amide bonds. The van der Waals surface area contributed by atoms with Gasteiger partial charge >= 0.3 is 5.97 Å². The number of rotatable bonds is 3. The summed E-state index contributed by atoms with van der Waals surface area (Å²) in [6.07, 6.45) is 0.117. The molecule has 0 aliphatic heterocycles. The van der Waals surface area contributed by atoms with Crippen molar-refractivity contribution in [1.29, 1.82) is 0 Å². The third-order valence-electron chi connectivity index (χ3n) is 0.879. The second-order valence-electron chi connectivity index (χ2n) is 1.50. The molecule has 0 aromatic carbocycles. The lowest BCUT2D eigenvalue weighted by Gasteiger charge is -2.11. The van der Waals surface area contributed by atoms with E-state index in [9.17, 15) is 13.6 Å². The molecule has 0 aliphatic carbocycles. The molecule has 0 spiro atoms. The van der Waals surface area contributed by atoms with E-state index >= 15 is 0 Å². The van der Waals surface area contributed by atoms with E-state index in [-0.39, 0.29) is 6.42 Å². The molecular weight excluding hydrogens is 144 g/mol. The molecular formula is C4H7O4S-. The zero-order valence-electron chi connectivity index (χ0n) is 4.86. The van der Waals surface area contributed by atoms with Crippen LogP contribution in [0.25, 0.3) is 0 Å². The second-order valence-corrected chi connectivity index (χ2v) is 2.59. The third-order valence-corrected chi connectivity index (χ3v) is 1.88. The smallest absolute Gasteiger partial charge is 0.318 e. The summed E-state index contributed by atoms with van der Waals surface area (Å²) in [6, 6.07) is 0. The predicted molar refractivity (Wildman–Crippen MR) is 30.6 cm³/mol. The molecule has 2 atom stereocenters. The molecule has 1 unspecified atom stereocenters. The predicted octanol–water partition coefficient (Wildman–Crippen LogP) is -0.271. The van der Waals surface area contributed by atoms with Crippen molar-refractivity contribution in [1.82, 2.24) is 0 Å². The molecule has 5 heteroatoms. The van der Waals surface area contributed by atoms with E-state index in [1.165, 1.54) is 6.92 Å². The Morgan fingerprint density at radius 2 is 2.33 bits per heavy atom. The van der Waals surface area contributed by atoms with Gasteiger partial charge in [0.05, 0.1) is 0 Å². The third kappa shape index (κ3) is 2.57. The first-order valence-electron chi connectivity index (χ1n) is 2.40. The molecule has 0 saturated carbocycles. The molecule has 0 radical (unpaired) electrons. The Hall–Kier alpha value is -0.420. The van der Waals surface area contributed by atoms with Gasteiger partial charge in [-0.2, -0.15) is 0 Å². The van der Waals surface area contributed by atoms with Gasteiger partial charge in [-0.05, 0) is 17.5 Å². The van der Waals surface area contributed by atoms with Gasteiger partial charge < -0.3 is 9.66 Å². The Morgan fingerprint density at radius 1 is 1.89 bits per heavy atom. The quantitative estimate of drug-likeness (QED) is 0.563. The van der Waals surface area contributed by atoms with Crippen molar-refractivity contribution in [3.05, 3.63) is 0 Å². The maximum atomic E-state index is 9.99. The van der Waals surface area contributed by atoms with Gasteiger partial charge in [-0.15, -0.1) is 0 Å². The number of aliphatic carboxylic acids is 1. The normalized spacial score (nSPS) is 16.7. The number of carboxylic acids is 1. The van der Waals surface area contributed by atoms with Crippen LogP contribution in [0.4, 0.5) is 0 Å². The Kier molecular flexibility index (Phi) is 3.41. The fraction of sp³-hybridized carbons (Fsp3) is 0.750. The summed E-state index contributed by atoms with van der Waals surface area (Å²) in [5.74, 6) is -1.29. The van der Waals surface area contributed by atoms with E-state index < -0.39 is 22.3 Å². The summed E-state index contributed by atoms with van der Waals surface area (Å²) in [4.78, 5) is 9.98. The Morgan fingerprint density at radius 3 is 2.33 bits per heavy atom. The van der Waals surface area contributed by atoms with Gasteiger partial charge in [0, 0.05) is 0 Å². The van der Waals surface area contributed by atoms with Gasteiger partial charge in [-0.25, -0.2) is 0 Å². The lowest BCUT2D eigenvalue weighted by Crippen LogP contribution is -2.24. The largest absolute Gasteiger partial charge is 0.772 e. The lowest BCUT2D eigenvalue weighted by molar-refractivity contribution is -0.136. The summed E-state index contributed by atoms with van der Waals surface area (Å²) in [5.41, 5.74) is 0. The van der Waals surface area contributed by atoms with E-state index in [1.807, 2.05) is 0 Å². The van der Waals surface area contributed by atoms with Crippen LogP contribution in [0.5, 0.6) is 0 Å². The monoisotopic (exact) mass is 151 g/mol. The number of hydrogen-bond donors (Lipinski definition) is 1. The topological polar surface area (TPSA) is 77.4 Å². The summed E-state index contributed by atoms with van der Waals surface area (Å²) in [7, 11) is 0. The Balaban J connectivity index is 3.99. The van der Waals surface area contributed by atoms with Crippen molar-refractivity contribution < 1.29 is 18.7 Å². The van der Waals surface area contributed by atoms with Crippen molar-refractivity contribution in [3.63, 3.8) is 0 Å². The summed E-state index contributed by atoms with van der Waals surface area (Å²) < 4.78 is 20.0. The van der Waals surface area contributed by atoms with E-state index in [4.69, 9.17) is 5.11 Å². The minimum Gasteiger partial charge on any atom is -0.772 e. The lowest BCUT2D eigenvalue weighted by atomic mass is 10.3. The second kappa shape index (κ2) is 3.58. The molecule has 54 valence electrons. The molecule has 0 aromatic rings. The summed E-state index contributed by atoms with van der Waals surface area (Å²) in [5, 5.41) is 6.91. The van der Waals surface area contributed by atoms with Gasteiger partial charge in [0.25, 0.3) is 0 Å². The van der Waals surface area contributed by atoms with E-state index in [0.29, 0.717) is 0 Å². The van der Waals surface area contributed by atoms with Crippen LogP contribution in [-0.2, 0) is 15.9 Å². The fourth-order valence-corrected chi connectivity index (χ4v) is 0.830. The minimum atomic E-state index is -2.48. The van der Waals surface area contributed by atoms with E-state index in [0.717, 1.165) is 0 Å². The number of carbonyl (C=O) groups is 1. The van der Waals surface area contributed by atoms with E-state index in [2.05, 4.69) is 0 Å². The zero-order chi connectivity index (χ0) is 7.44. The molecule has 0 aliphatic rings. The SMILES string of the molecule is CC[C@H](C(=O)O)S(=O)[O-]. The van der Waals surface area contributed by atoms with Crippen LogP contribution in [0.15, 0.2) is 0 Å². The maximum Gasteiger partial charge on any atom is 0.318 e. The van der Waals surface area contributed by atoms with Crippen LogP contribution in [0.2, 0.25) is 0 Å². The molecule has 0 bridgehead atoms. The van der Waals surface area contributed by atoms with Crippen LogP contribution < -0.4 is 0 Å². The van der Waals surface area contributed by atoms with Crippen LogP contribution in [0.3, 0.4) is 0 Å². The average molecular weight is 151 g/mol. The molecule has 9 heavy (non-hydrogen) atoms. The molecule has 0 saturated heterocycles. The highest BCUT2D eigenvalue weighted by atomic mass is 32.2. The van der Waals surface area contributed by atoms with Crippen LogP contribution in [0, 0.1) is 0 Å². The van der Waals surface area contributed by atoms with E-state index in [1.54, 1.807) is 0 Å². The standard InChI is InChI=1S/C4H8O4S/c1-2-3(4(5)6)9(7)8/h3H,2H2,1H3,(H,5,6)(H,7,8)/p-1/t3-/m1/s1. The van der Waals surface area contributed by atoms with Crippen molar-refractivity contribution in [2.24, 2.45) is 0 Å². The van der Waals surface area contributed by atoms with Crippen molar-refractivity contribution >= 4 is 17.0 Å². The zero-order valence-corrected chi connectivity index (χ0v) is 5.68. The summed E-state index contributed by atoms with van der Waals surface area (Å²) >= 11 is -2.48. The number of hydrogen-bond acceptors (Lipinski definition) is 3. The molecule has 0 rings (SSSR count). The van der Waals surface area contributed by atoms with Gasteiger partial charge in [0.1, 0.15) is 5.25 Å². The van der Waals surface area contributed by atoms with Crippen molar-refractivity contribution in [3.8, 4) is 0 Å². The van der Waals surface area contributed by atoms with Gasteiger partial charge in [-0.3, -0.25) is 9.00 Å². The Labute approximate surface area is 55.2 Å². The molecule has 0 aromatic heterocycles. The molecule has 1 N–H and O–H groups in total. The molecule has 0 fully saturated rings. The molecule has 0 heterocycles. The van der Waals surface area contributed by atoms with Gasteiger partial charge in [0.15, 0.2) is 0 Å². The van der Waals surface area contributed by atoms with Crippen LogP contribution >= 0.6 is 0 Å². The van der Waals surface area contributed by atoms with Gasteiger partial charge in [-0.1, -0.05) is 6.92 Å². The highest BCUT2D eigenvalue weighted by Crippen LogP contribution is 1.97. The Bertz CT molecular complexity index is 119. The first-order chi connectivity index (χ1) is 4.09. The highest BCUT2D eigenvalue weighted by Gasteiger charge is 2.14. The molecule has 4 nitrogen and oxygen atoms in total. The van der Waals surface area contributed by atoms with Gasteiger partial charge in [0.2, 0.25) is 0 Å². The fourth-order valence-electron chi connectivity index (χ4n) is 0.393. The first-order valence-corrected chi connectivity index (χ1v) is 3.54. The summed E-state index contributed by atoms with van der Waals surface area (Å²) in [6.45, 7) is 1.51.